The first kappa shape index (κ1) is 28.4. The van der Waals surface area contributed by atoms with E-state index in [0.717, 1.165) is 42.9 Å². The van der Waals surface area contributed by atoms with Gasteiger partial charge in [0.2, 0.25) is 5.91 Å². The number of hydrogen-bond acceptors (Lipinski definition) is 6. The average Bonchev–Trinajstić information content (AvgIpc) is 3.30. The number of nitrogens with zero attached hydrogens (tertiary/aromatic N) is 2. The lowest BCUT2D eigenvalue weighted by Gasteiger charge is -2.29. The predicted octanol–water partition coefficient (Wildman–Crippen LogP) is 5.68. The van der Waals surface area contributed by atoms with Crippen molar-refractivity contribution in [1.82, 2.24) is 4.90 Å². The maximum absolute atomic E-state index is 13.4. The summed E-state index contributed by atoms with van der Waals surface area (Å²) in [5.74, 6) is -0.418. The molecule has 2 heterocycles. The topological polar surface area (TPSA) is 100 Å². The van der Waals surface area contributed by atoms with Crippen molar-refractivity contribution in [2.24, 2.45) is 10.9 Å². The van der Waals surface area contributed by atoms with Crippen LogP contribution < -0.4 is 14.8 Å². The summed E-state index contributed by atoms with van der Waals surface area (Å²) in [5.41, 5.74) is 5.03. The Bertz CT molecular complexity index is 1400. The second-order valence-electron chi connectivity index (χ2n) is 10.4. The van der Waals surface area contributed by atoms with Crippen LogP contribution in [-0.2, 0) is 16.0 Å². The summed E-state index contributed by atoms with van der Waals surface area (Å²) in [6.45, 7) is 7.36. The molecule has 0 spiro atoms. The van der Waals surface area contributed by atoms with E-state index in [1.165, 1.54) is 5.56 Å². The molecule has 2 aliphatic rings. The van der Waals surface area contributed by atoms with Gasteiger partial charge in [0.1, 0.15) is 5.92 Å². The number of carbonyl (C=O) groups is 2. The van der Waals surface area contributed by atoms with Gasteiger partial charge in [0, 0.05) is 18.3 Å². The molecule has 8 nitrogen and oxygen atoms in total. The van der Waals surface area contributed by atoms with Crippen LogP contribution in [0.2, 0.25) is 0 Å². The number of likely N-dealkylation sites (tertiary alicyclic amines) is 1. The van der Waals surface area contributed by atoms with Crippen molar-refractivity contribution >= 4 is 29.0 Å². The molecule has 0 radical (unpaired) electrons. The molecule has 2 N–H and O–H groups in total. The van der Waals surface area contributed by atoms with Gasteiger partial charge in [0.25, 0.3) is 0 Å². The van der Waals surface area contributed by atoms with E-state index in [1.54, 1.807) is 0 Å². The minimum atomic E-state index is -0.681. The van der Waals surface area contributed by atoms with Crippen LogP contribution in [0, 0.1) is 5.92 Å². The van der Waals surface area contributed by atoms with Crippen molar-refractivity contribution in [3.8, 4) is 11.5 Å². The van der Waals surface area contributed by atoms with Crippen LogP contribution >= 0.6 is 0 Å². The lowest BCUT2D eigenvalue weighted by molar-refractivity contribution is -0.143. The Kier molecular flexibility index (Phi) is 8.99. The van der Waals surface area contributed by atoms with E-state index in [1.807, 2.05) is 68.4 Å². The first-order valence-corrected chi connectivity index (χ1v) is 14.4. The number of ether oxygens (including phenoxy) is 2. The fourth-order valence-electron chi connectivity index (χ4n) is 5.55. The lowest BCUT2D eigenvalue weighted by atomic mass is 9.90. The Hall–Kier alpha value is -4.17. The number of carbonyl (C=O) groups excluding carboxylic acids is 1. The third-order valence-corrected chi connectivity index (χ3v) is 7.73. The summed E-state index contributed by atoms with van der Waals surface area (Å²) in [5, 5.41) is 12.3. The number of fused-ring (bicyclic) bond motifs is 1. The van der Waals surface area contributed by atoms with Gasteiger partial charge >= 0.3 is 5.97 Å². The number of amides is 1. The van der Waals surface area contributed by atoms with Crippen LogP contribution in [0.1, 0.15) is 49.3 Å². The molecule has 0 aliphatic carbocycles. The molecule has 2 aliphatic heterocycles. The summed E-state index contributed by atoms with van der Waals surface area (Å²) in [6.07, 6.45) is 2.30. The number of nitrogens with one attached hydrogen (secondary N) is 1. The van der Waals surface area contributed by atoms with Gasteiger partial charge in [0.15, 0.2) is 11.5 Å². The molecule has 8 heteroatoms. The van der Waals surface area contributed by atoms with Gasteiger partial charge in [-0.05, 0) is 81.1 Å². The molecule has 0 saturated carbocycles. The molecular formula is C33H37N3O5. The monoisotopic (exact) mass is 555 g/mol. The van der Waals surface area contributed by atoms with Gasteiger partial charge in [-0.3, -0.25) is 14.6 Å². The summed E-state index contributed by atoms with van der Waals surface area (Å²) < 4.78 is 11.6. The van der Waals surface area contributed by atoms with Crippen LogP contribution in [0.15, 0.2) is 71.7 Å². The predicted molar refractivity (Wildman–Crippen MR) is 160 cm³/mol. The minimum absolute atomic E-state index is 0.137. The lowest BCUT2D eigenvalue weighted by Crippen LogP contribution is -2.37. The van der Waals surface area contributed by atoms with Gasteiger partial charge in [-0.15, -0.1) is 0 Å². The van der Waals surface area contributed by atoms with E-state index in [-0.39, 0.29) is 11.8 Å². The SMILES string of the molecule is CCOc1cc2c(cc1OCC)C(C(=Nc1ccc(CCN3CCC(C(=O)O)CC3)cc1)c1ccccc1)C(=O)N2. The zero-order valence-electron chi connectivity index (χ0n) is 23.6. The summed E-state index contributed by atoms with van der Waals surface area (Å²) in [7, 11) is 0. The quantitative estimate of drug-likeness (QED) is 0.295. The van der Waals surface area contributed by atoms with E-state index in [0.29, 0.717) is 49.0 Å². The molecule has 214 valence electrons. The summed E-state index contributed by atoms with van der Waals surface area (Å²) in [4.78, 5) is 32.0. The van der Waals surface area contributed by atoms with Crippen LogP contribution in [0.4, 0.5) is 11.4 Å². The zero-order valence-corrected chi connectivity index (χ0v) is 23.6. The van der Waals surface area contributed by atoms with Gasteiger partial charge in [-0.2, -0.15) is 0 Å². The largest absolute Gasteiger partial charge is 0.490 e. The number of aliphatic carboxylic acids is 1. The van der Waals surface area contributed by atoms with E-state index in [4.69, 9.17) is 14.5 Å². The second kappa shape index (κ2) is 13.0. The first-order valence-electron chi connectivity index (χ1n) is 14.4. The number of carboxylic acids is 1. The summed E-state index contributed by atoms with van der Waals surface area (Å²) in [6, 6.07) is 21.7. The Morgan fingerprint density at radius 3 is 2.27 bits per heavy atom. The smallest absolute Gasteiger partial charge is 0.306 e. The Morgan fingerprint density at radius 2 is 1.63 bits per heavy atom. The van der Waals surface area contributed by atoms with Gasteiger partial charge < -0.3 is 24.8 Å². The van der Waals surface area contributed by atoms with Crippen molar-refractivity contribution in [1.29, 1.82) is 0 Å². The standard InChI is InChI=1S/C33H37N3O5/c1-3-40-28-20-26-27(21-29(28)41-4-2)35-32(37)30(26)31(23-8-6-5-7-9-23)34-25-12-10-22(11-13-25)14-17-36-18-15-24(16-19-36)33(38)39/h5-13,20-21,24,30H,3-4,14-19H2,1-2H3,(H,35,37)(H,38,39). The Morgan fingerprint density at radius 1 is 0.976 bits per heavy atom. The number of rotatable bonds is 11. The number of anilines is 1. The van der Waals surface area contributed by atoms with Crippen molar-refractivity contribution < 1.29 is 24.2 Å². The molecule has 1 amide bonds. The van der Waals surface area contributed by atoms with Gasteiger partial charge in [-0.25, -0.2) is 0 Å². The first-order chi connectivity index (χ1) is 20.0. The minimum Gasteiger partial charge on any atom is -0.490 e. The molecule has 1 atom stereocenters. The number of aliphatic imine (C=N–C) groups is 1. The molecule has 1 saturated heterocycles. The van der Waals surface area contributed by atoms with Crippen molar-refractivity contribution in [2.75, 3.05) is 38.2 Å². The van der Waals surface area contributed by atoms with Crippen molar-refractivity contribution in [3.63, 3.8) is 0 Å². The molecule has 41 heavy (non-hydrogen) atoms. The molecule has 5 rings (SSSR count). The van der Waals surface area contributed by atoms with E-state index in [2.05, 4.69) is 22.3 Å². The van der Waals surface area contributed by atoms with E-state index >= 15 is 0 Å². The van der Waals surface area contributed by atoms with Crippen LogP contribution in [0.3, 0.4) is 0 Å². The van der Waals surface area contributed by atoms with E-state index < -0.39 is 11.9 Å². The molecule has 1 unspecified atom stereocenters. The highest BCUT2D eigenvalue weighted by molar-refractivity contribution is 6.24. The molecule has 1 fully saturated rings. The number of piperidine rings is 1. The van der Waals surface area contributed by atoms with Crippen LogP contribution in [-0.4, -0.2) is 60.4 Å². The molecule has 0 bridgehead atoms. The molecule has 3 aromatic rings. The van der Waals surface area contributed by atoms with Crippen molar-refractivity contribution in [2.45, 2.75) is 39.0 Å². The second-order valence-corrected chi connectivity index (χ2v) is 10.4. The normalized spacial score (nSPS) is 17.7. The van der Waals surface area contributed by atoms with Gasteiger partial charge in [-0.1, -0.05) is 42.5 Å². The fraction of sp³-hybridized carbons (Fsp3) is 0.364. The molecular weight excluding hydrogens is 518 g/mol. The third kappa shape index (κ3) is 6.60. The van der Waals surface area contributed by atoms with E-state index in [9.17, 15) is 14.7 Å². The maximum atomic E-state index is 13.4. The number of hydrogen-bond donors (Lipinski definition) is 2. The fourth-order valence-corrected chi connectivity index (χ4v) is 5.55. The Labute approximate surface area is 241 Å². The Balaban J connectivity index is 1.39. The number of benzene rings is 3. The molecule has 0 aromatic heterocycles. The highest BCUT2D eigenvalue weighted by Crippen LogP contribution is 2.43. The van der Waals surface area contributed by atoms with Crippen LogP contribution in [0.5, 0.6) is 11.5 Å². The maximum Gasteiger partial charge on any atom is 0.306 e. The van der Waals surface area contributed by atoms with Gasteiger partial charge in [0.05, 0.1) is 30.5 Å². The zero-order chi connectivity index (χ0) is 28.8. The summed E-state index contributed by atoms with van der Waals surface area (Å²) >= 11 is 0. The highest BCUT2D eigenvalue weighted by atomic mass is 16.5. The number of carboxylic acid groups (broad SMARTS) is 1. The van der Waals surface area contributed by atoms with Crippen molar-refractivity contribution in [3.05, 3.63) is 83.4 Å². The molecule has 3 aromatic carbocycles. The van der Waals surface area contributed by atoms with Crippen LogP contribution in [0.25, 0.3) is 0 Å². The highest BCUT2D eigenvalue weighted by Gasteiger charge is 2.37. The average molecular weight is 556 g/mol. The third-order valence-electron chi connectivity index (χ3n) is 7.73.